The second-order valence-corrected chi connectivity index (χ2v) is 10.7. The molecule has 166 valence electrons. The molecule has 12 heteroatoms. The van der Waals surface area contributed by atoms with Gasteiger partial charge in [0.25, 0.3) is 15.9 Å². The number of thiazole rings is 1. The molecule has 32 heavy (non-hydrogen) atoms. The maximum atomic E-state index is 12.3. The lowest BCUT2D eigenvalue weighted by Crippen LogP contribution is -2.21. The molecule has 0 spiro atoms. The Morgan fingerprint density at radius 1 is 1.16 bits per heavy atom. The first-order chi connectivity index (χ1) is 15.0. The number of hydrogen-bond donors (Lipinski definition) is 3. The number of sulfonamides is 1. The fraction of sp³-hybridized carbons (Fsp3) is 0.200. The van der Waals surface area contributed by atoms with Gasteiger partial charge in [0.15, 0.2) is 5.13 Å². The zero-order chi connectivity index (χ0) is 23.1. The number of benzene rings is 1. The van der Waals surface area contributed by atoms with Crippen LogP contribution in [0.25, 0.3) is 12.2 Å². The number of rotatable bonds is 4. The lowest BCUT2D eigenvalue weighted by Gasteiger charge is -2.12. The third-order valence-electron chi connectivity index (χ3n) is 4.40. The van der Waals surface area contributed by atoms with Crippen LogP contribution >= 0.6 is 11.3 Å². The second kappa shape index (κ2) is 7.88. The van der Waals surface area contributed by atoms with Crippen LogP contribution in [0.5, 0.6) is 0 Å². The van der Waals surface area contributed by atoms with Crippen molar-refractivity contribution in [3.8, 4) is 0 Å². The van der Waals surface area contributed by atoms with E-state index in [4.69, 9.17) is 4.42 Å². The summed E-state index contributed by atoms with van der Waals surface area (Å²) in [5.74, 6) is 0.550. The maximum Gasteiger partial charge on any atom is 0.325 e. The van der Waals surface area contributed by atoms with Crippen LogP contribution in [0.3, 0.4) is 0 Å². The molecule has 10 nitrogen and oxygen atoms in total. The first kappa shape index (κ1) is 21.7. The number of fused-ring (bicyclic) bond motifs is 1. The van der Waals surface area contributed by atoms with E-state index in [0.29, 0.717) is 11.0 Å². The molecule has 3 N–H and O–H groups in total. The van der Waals surface area contributed by atoms with E-state index in [9.17, 15) is 18.0 Å². The molecule has 3 aromatic rings. The van der Waals surface area contributed by atoms with Gasteiger partial charge in [-0.05, 0) is 24.3 Å². The van der Waals surface area contributed by atoms with E-state index in [1.54, 1.807) is 24.5 Å². The Morgan fingerprint density at radius 3 is 2.66 bits per heavy atom. The fourth-order valence-corrected chi connectivity index (χ4v) is 4.70. The first-order valence-electron chi connectivity index (χ1n) is 9.41. The van der Waals surface area contributed by atoms with Gasteiger partial charge in [0.1, 0.15) is 10.7 Å². The van der Waals surface area contributed by atoms with E-state index >= 15 is 0 Å². The summed E-state index contributed by atoms with van der Waals surface area (Å²) in [5, 5.41) is 5.45. The third-order valence-corrected chi connectivity index (χ3v) is 6.65. The molecule has 4 rings (SSSR count). The monoisotopic (exact) mass is 473 g/mol. The summed E-state index contributed by atoms with van der Waals surface area (Å²) in [7, 11) is -3.91. The van der Waals surface area contributed by atoms with E-state index in [-0.39, 0.29) is 21.6 Å². The van der Waals surface area contributed by atoms with Gasteiger partial charge in [-0.3, -0.25) is 10.1 Å². The van der Waals surface area contributed by atoms with Gasteiger partial charge < -0.3 is 9.73 Å². The molecule has 3 heterocycles. The average molecular weight is 474 g/mol. The highest BCUT2D eigenvalue weighted by Gasteiger charge is 2.32. The number of oxazole rings is 1. The minimum Gasteiger partial charge on any atom is -0.441 e. The molecule has 3 amide bonds. The number of hydrogen-bond acceptors (Lipinski definition) is 8. The van der Waals surface area contributed by atoms with Crippen molar-refractivity contribution in [3.63, 3.8) is 0 Å². The number of urea groups is 1. The summed E-state index contributed by atoms with van der Waals surface area (Å²) in [5.41, 5.74) is 0.118. The van der Waals surface area contributed by atoms with Crippen molar-refractivity contribution in [2.24, 2.45) is 0 Å². The van der Waals surface area contributed by atoms with E-state index in [1.165, 1.54) is 29.5 Å². The van der Waals surface area contributed by atoms with Gasteiger partial charge in [-0.1, -0.05) is 32.1 Å². The largest absolute Gasteiger partial charge is 0.441 e. The van der Waals surface area contributed by atoms with E-state index in [1.807, 2.05) is 25.5 Å². The number of amides is 3. The van der Waals surface area contributed by atoms with Crippen LogP contribution in [0.2, 0.25) is 0 Å². The molecule has 0 saturated heterocycles. The van der Waals surface area contributed by atoms with Gasteiger partial charge in [0.2, 0.25) is 5.89 Å². The Hall–Kier alpha value is -3.51. The van der Waals surface area contributed by atoms with E-state index in [2.05, 4.69) is 20.6 Å². The van der Waals surface area contributed by atoms with Crippen LogP contribution in [0.1, 0.15) is 47.7 Å². The highest BCUT2D eigenvalue weighted by molar-refractivity contribution is 7.90. The van der Waals surface area contributed by atoms with Gasteiger partial charge in [0.05, 0.1) is 11.8 Å². The number of nitrogens with one attached hydrogen (secondary N) is 3. The Balaban J connectivity index is 1.39. The fourth-order valence-electron chi connectivity index (χ4n) is 2.79. The zero-order valence-corrected chi connectivity index (χ0v) is 18.9. The van der Waals surface area contributed by atoms with Crippen LogP contribution in [0.4, 0.5) is 15.6 Å². The second-order valence-electron chi connectivity index (χ2n) is 7.94. The van der Waals surface area contributed by atoms with Gasteiger partial charge in [-0.2, -0.15) is 0 Å². The zero-order valence-electron chi connectivity index (χ0n) is 17.3. The number of carbonyl (C=O) groups excluding carboxylic acids is 2. The van der Waals surface area contributed by atoms with Crippen LogP contribution in [0.15, 0.2) is 39.9 Å². The summed E-state index contributed by atoms with van der Waals surface area (Å²) >= 11 is 1.23. The van der Waals surface area contributed by atoms with Gasteiger partial charge >= 0.3 is 6.03 Å². The van der Waals surface area contributed by atoms with Crippen molar-refractivity contribution in [2.75, 3.05) is 10.6 Å². The molecule has 1 aliphatic rings. The lowest BCUT2D eigenvalue weighted by atomic mass is 9.94. The van der Waals surface area contributed by atoms with Crippen molar-refractivity contribution in [1.82, 2.24) is 14.7 Å². The number of anilines is 2. The molecule has 0 aliphatic carbocycles. The van der Waals surface area contributed by atoms with Crippen LogP contribution < -0.4 is 15.4 Å². The average Bonchev–Trinajstić information content (AvgIpc) is 3.39. The van der Waals surface area contributed by atoms with Gasteiger partial charge in [0, 0.05) is 28.3 Å². The van der Waals surface area contributed by atoms with E-state index in [0.717, 1.165) is 10.6 Å². The lowest BCUT2D eigenvalue weighted by molar-refractivity contribution is 0.0985. The molecule has 1 aliphatic heterocycles. The highest BCUT2D eigenvalue weighted by atomic mass is 32.2. The summed E-state index contributed by atoms with van der Waals surface area (Å²) in [4.78, 5) is 32.8. The molecule has 0 saturated carbocycles. The predicted octanol–water partition coefficient (Wildman–Crippen LogP) is 3.68. The van der Waals surface area contributed by atoms with Crippen LogP contribution in [0, 0.1) is 0 Å². The predicted molar refractivity (Wildman–Crippen MR) is 120 cm³/mol. The Morgan fingerprint density at radius 2 is 1.94 bits per heavy atom. The Kier molecular flexibility index (Phi) is 5.34. The first-order valence-corrected chi connectivity index (χ1v) is 11.7. The molecule has 0 bridgehead atoms. The van der Waals surface area contributed by atoms with Crippen LogP contribution in [-0.4, -0.2) is 30.3 Å². The molecular weight excluding hydrogens is 454 g/mol. The van der Waals surface area contributed by atoms with Gasteiger partial charge in [-0.15, -0.1) is 0 Å². The van der Waals surface area contributed by atoms with Gasteiger partial charge in [-0.25, -0.2) is 27.9 Å². The minimum absolute atomic E-state index is 0.0352. The molecule has 1 aromatic carbocycles. The van der Waals surface area contributed by atoms with Crippen molar-refractivity contribution in [2.45, 2.75) is 31.1 Å². The van der Waals surface area contributed by atoms with Crippen molar-refractivity contribution in [3.05, 3.63) is 52.7 Å². The summed E-state index contributed by atoms with van der Waals surface area (Å²) in [6, 6.07) is 3.40. The Labute approximate surface area is 187 Å². The number of aromatic nitrogens is 2. The van der Waals surface area contributed by atoms with Crippen molar-refractivity contribution < 1.29 is 22.4 Å². The Bertz CT molecular complexity index is 1350. The molecule has 0 unspecified atom stereocenters. The molecule has 2 aromatic heterocycles. The summed E-state index contributed by atoms with van der Waals surface area (Å²) in [6.07, 6.45) is 6.77. The van der Waals surface area contributed by atoms with E-state index < -0.39 is 22.0 Å². The number of carbonyl (C=O) groups is 2. The quantitative estimate of drug-likeness (QED) is 0.524. The highest BCUT2D eigenvalue weighted by Crippen LogP contribution is 2.27. The van der Waals surface area contributed by atoms with Crippen LogP contribution in [-0.2, 0) is 15.4 Å². The molecular formula is C20H19N5O5S2. The maximum absolute atomic E-state index is 12.3. The smallest absolute Gasteiger partial charge is 0.325 e. The number of nitrogens with zero attached hydrogens (tertiary/aromatic N) is 2. The molecule has 0 atom stereocenters. The van der Waals surface area contributed by atoms with Crippen molar-refractivity contribution in [1.29, 1.82) is 0 Å². The third kappa shape index (κ3) is 4.55. The summed E-state index contributed by atoms with van der Waals surface area (Å²) < 4.78 is 31.4. The molecule has 0 radical (unpaired) electrons. The standard InChI is InChI=1S/C20H19N5O5S2/c1-20(2,3)15-10-21-16(30-15)7-5-12-9-22-19(31-12)24-18(27)23-11-4-6-13-14(8-11)32(28,29)25-17(13)26/h4-10H,1-3H3,(H,25,26)(H2,22,23,24,27)/b7-5+. The normalized spacial score (nSPS) is 14.9. The topological polar surface area (TPSA) is 143 Å². The molecule has 0 fully saturated rings. The SMILES string of the molecule is CC(C)(C)c1cnc(/C=C/c2cnc(NC(=O)Nc3ccc4c(c3)S(=O)(=O)NC4=O)s2)o1. The summed E-state index contributed by atoms with van der Waals surface area (Å²) in [6.45, 7) is 6.10. The van der Waals surface area contributed by atoms with Crippen molar-refractivity contribution >= 4 is 56.3 Å². The minimum atomic E-state index is -3.91.